The molecule has 2 aromatic rings. The van der Waals surface area contributed by atoms with Crippen LogP contribution in [0.2, 0.25) is 10.0 Å². The van der Waals surface area contributed by atoms with Crippen LogP contribution in [0, 0.1) is 0 Å². The second kappa shape index (κ2) is 8.64. The molecule has 0 aliphatic carbocycles. The third-order valence-corrected chi connectivity index (χ3v) is 5.98. The van der Waals surface area contributed by atoms with Crippen LogP contribution >= 0.6 is 23.2 Å². The van der Waals surface area contributed by atoms with Crippen LogP contribution in [-0.4, -0.2) is 43.0 Å². The lowest BCUT2D eigenvalue weighted by molar-refractivity contribution is -0.136. The summed E-state index contributed by atoms with van der Waals surface area (Å²) in [5.74, 6) is -0.286. The molecule has 0 radical (unpaired) electrons. The molecule has 0 spiro atoms. The molecule has 1 aliphatic rings. The number of nitrogens with zero attached hydrogens (tertiary/aromatic N) is 1. The Labute approximate surface area is 189 Å². The van der Waals surface area contributed by atoms with Gasteiger partial charge in [0.05, 0.1) is 30.0 Å². The molecule has 2 unspecified atom stereocenters. The highest BCUT2D eigenvalue weighted by Crippen LogP contribution is 2.36. The number of imide groups is 1. The van der Waals surface area contributed by atoms with Gasteiger partial charge in [0.2, 0.25) is 5.91 Å². The van der Waals surface area contributed by atoms with E-state index < -0.39 is 29.4 Å². The molecule has 0 aromatic heterocycles. The van der Waals surface area contributed by atoms with E-state index in [0.29, 0.717) is 17.1 Å². The van der Waals surface area contributed by atoms with E-state index in [2.05, 4.69) is 10.6 Å². The highest BCUT2D eigenvalue weighted by atomic mass is 35.5. The minimum Gasteiger partial charge on any atom is -0.493 e. The van der Waals surface area contributed by atoms with Crippen molar-refractivity contribution in [3.63, 3.8) is 0 Å². The van der Waals surface area contributed by atoms with Crippen molar-refractivity contribution in [3.05, 3.63) is 52.0 Å². The second-order valence-corrected chi connectivity index (χ2v) is 7.85. The molecule has 3 rings (SSSR count). The van der Waals surface area contributed by atoms with Crippen LogP contribution in [0.4, 0.5) is 10.5 Å². The second-order valence-electron chi connectivity index (χ2n) is 7.07. The highest BCUT2D eigenvalue weighted by Gasteiger charge is 2.52. The summed E-state index contributed by atoms with van der Waals surface area (Å²) in [6.07, 6.45) is 0. The average Bonchev–Trinajstić information content (AvgIpc) is 2.99. The fraction of sp³-hybridized carbons (Fsp3) is 0.286. The number of benzene rings is 2. The molecule has 31 heavy (non-hydrogen) atoms. The fourth-order valence-electron chi connectivity index (χ4n) is 3.31. The van der Waals surface area contributed by atoms with Crippen LogP contribution in [0.5, 0.6) is 11.5 Å². The Morgan fingerprint density at radius 3 is 2.45 bits per heavy atom. The van der Waals surface area contributed by atoms with Gasteiger partial charge in [-0.1, -0.05) is 35.3 Å². The molecule has 1 heterocycles. The lowest BCUT2D eigenvalue weighted by Crippen LogP contribution is -2.47. The standard InChI is InChI=1S/C21H21Cl2N3O5/c1-11(18(27)24-14-7-5-6-13(22)17(14)23)26-19(28)21(2,25-20(26)29)12-8-9-15(30-3)16(10-12)31-4/h5-11H,1-4H3,(H,24,27)(H,25,29). The number of anilines is 1. The number of carbonyl (C=O) groups excluding carboxylic acids is 3. The zero-order chi connectivity index (χ0) is 22.9. The van der Waals surface area contributed by atoms with Crippen LogP contribution in [0.25, 0.3) is 0 Å². The maximum Gasteiger partial charge on any atom is 0.326 e. The summed E-state index contributed by atoms with van der Waals surface area (Å²) in [5.41, 5.74) is -0.629. The van der Waals surface area contributed by atoms with Crippen molar-refractivity contribution < 1.29 is 23.9 Å². The van der Waals surface area contributed by atoms with Crippen molar-refractivity contribution >= 4 is 46.7 Å². The first-order valence-corrected chi connectivity index (χ1v) is 10.0. The summed E-state index contributed by atoms with van der Waals surface area (Å²) in [7, 11) is 2.97. The van der Waals surface area contributed by atoms with E-state index in [1.165, 1.54) is 21.1 Å². The summed E-state index contributed by atoms with van der Waals surface area (Å²) >= 11 is 12.1. The van der Waals surface area contributed by atoms with Crippen molar-refractivity contribution in [1.29, 1.82) is 0 Å². The number of methoxy groups -OCH3 is 2. The van der Waals surface area contributed by atoms with Crippen LogP contribution in [0.15, 0.2) is 36.4 Å². The first-order valence-electron chi connectivity index (χ1n) is 9.27. The number of amides is 4. The third kappa shape index (κ3) is 4.00. The molecular formula is C21H21Cl2N3O5. The lowest BCUT2D eigenvalue weighted by Gasteiger charge is -2.25. The van der Waals surface area contributed by atoms with E-state index in [-0.39, 0.29) is 15.7 Å². The normalized spacial score (nSPS) is 19.1. The molecule has 2 N–H and O–H groups in total. The monoisotopic (exact) mass is 465 g/mol. The van der Waals surface area contributed by atoms with E-state index >= 15 is 0 Å². The molecule has 0 bridgehead atoms. The van der Waals surface area contributed by atoms with Crippen molar-refractivity contribution in [2.75, 3.05) is 19.5 Å². The lowest BCUT2D eigenvalue weighted by atomic mass is 9.91. The van der Waals surface area contributed by atoms with Crippen molar-refractivity contribution in [2.24, 2.45) is 0 Å². The summed E-state index contributed by atoms with van der Waals surface area (Å²) < 4.78 is 10.5. The van der Waals surface area contributed by atoms with Gasteiger partial charge in [-0.3, -0.25) is 9.59 Å². The molecule has 0 saturated carbocycles. The molecular weight excluding hydrogens is 445 g/mol. The minimum absolute atomic E-state index is 0.164. The average molecular weight is 466 g/mol. The maximum absolute atomic E-state index is 13.3. The summed E-state index contributed by atoms with van der Waals surface area (Å²) in [6, 6.07) is 7.87. The first-order chi connectivity index (χ1) is 14.6. The predicted octanol–water partition coefficient (Wildman–Crippen LogP) is 3.80. The van der Waals surface area contributed by atoms with Gasteiger partial charge in [0.1, 0.15) is 11.6 Å². The zero-order valence-corrected chi connectivity index (χ0v) is 18.8. The third-order valence-electron chi connectivity index (χ3n) is 5.16. The van der Waals surface area contributed by atoms with E-state index in [0.717, 1.165) is 4.90 Å². The van der Waals surface area contributed by atoms with Crippen LogP contribution in [-0.2, 0) is 15.1 Å². The van der Waals surface area contributed by atoms with Crippen molar-refractivity contribution in [3.8, 4) is 11.5 Å². The molecule has 2 aromatic carbocycles. The molecule has 2 atom stereocenters. The Morgan fingerprint density at radius 1 is 1.13 bits per heavy atom. The van der Waals surface area contributed by atoms with E-state index in [1.807, 2.05) is 0 Å². The molecule has 4 amide bonds. The fourth-order valence-corrected chi connectivity index (χ4v) is 3.66. The number of halogens is 2. The highest BCUT2D eigenvalue weighted by molar-refractivity contribution is 6.44. The van der Waals surface area contributed by atoms with Gasteiger partial charge in [0, 0.05) is 0 Å². The molecule has 10 heteroatoms. The molecule has 8 nitrogen and oxygen atoms in total. The van der Waals surface area contributed by atoms with Gasteiger partial charge >= 0.3 is 6.03 Å². The Kier molecular flexibility index (Phi) is 6.33. The van der Waals surface area contributed by atoms with Gasteiger partial charge in [-0.2, -0.15) is 0 Å². The van der Waals surface area contributed by atoms with E-state index in [1.54, 1.807) is 43.3 Å². The zero-order valence-electron chi connectivity index (χ0n) is 17.3. The van der Waals surface area contributed by atoms with E-state index in [4.69, 9.17) is 32.7 Å². The Hall–Kier alpha value is -2.97. The van der Waals surface area contributed by atoms with Crippen molar-refractivity contribution in [2.45, 2.75) is 25.4 Å². The molecule has 1 aliphatic heterocycles. The van der Waals surface area contributed by atoms with Gasteiger partial charge in [-0.05, 0) is 43.7 Å². The number of ether oxygens (including phenoxy) is 2. The molecule has 1 fully saturated rings. The van der Waals surface area contributed by atoms with Gasteiger partial charge in [0.15, 0.2) is 11.5 Å². The maximum atomic E-state index is 13.3. The van der Waals surface area contributed by atoms with Gasteiger partial charge < -0.3 is 20.1 Å². The molecule has 1 saturated heterocycles. The summed E-state index contributed by atoms with van der Waals surface area (Å²) in [5, 5.41) is 5.70. The number of nitrogens with one attached hydrogen (secondary N) is 2. The Balaban J connectivity index is 1.87. The number of rotatable bonds is 6. The number of urea groups is 1. The van der Waals surface area contributed by atoms with Crippen LogP contribution in [0.1, 0.15) is 19.4 Å². The van der Waals surface area contributed by atoms with Gasteiger partial charge in [0.25, 0.3) is 5.91 Å². The topological polar surface area (TPSA) is 97.0 Å². The first kappa shape index (κ1) is 22.7. The largest absolute Gasteiger partial charge is 0.493 e. The SMILES string of the molecule is COc1ccc(C2(C)NC(=O)N(C(C)C(=O)Nc3cccc(Cl)c3Cl)C2=O)cc1OC. The van der Waals surface area contributed by atoms with Crippen LogP contribution in [0.3, 0.4) is 0 Å². The minimum atomic E-state index is -1.39. The summed E-state index contributed by atoms with van der Waals surface area (Å²) in [6.45, 7) is 3.01. The van der Waals surface area contributed by atoms with E-state index in [9.17, 15) is 14.4 Å². The summed E-state index contributed by atoms with van der Waals surface area (Å²) in [4.78, 5) is 39.6. The Morgan fingerprint density at radius 2 is 1.81 bits per heavy atom. The number of hydrogen-bond acceptors (Lipinski definition) is 5. The predicted molar refractivity (Wildman–Crippen MR) is 117 cm³/mol. The Bertz CT molecular complexity index is 1060. The van der Waals surface area contributed by atoms with Gasteiger partial charge in [-0.15, -0.1) is 0 Å². The molecule has 164 valence electrons. The number of carbonyl (C=O) groups is 3. The quantitative estimate of drug-likeness (QED) is 0.632. The van der Waals surface area contributed by atoms with Crippen LogP contribution < -0.4 is 20.1 Å². The number of hydrogen-bond donors (Lipinski definition) is 2. The van der Waals surface area contributed by atoms with Crippen molar-refractivity contribution in [1.82, 2.24) is 10.2 Å². The van der Waals surface area contributed by atoms with Gasteiger partial charge in [-0.25, -0.2) is 9.69 Å². The smallest absolute Gasteiger partial charge is 0.326 e.